The van der Waals surface area contributed by atoms with E-state index < -0.39 is 11.9 Å². The van der Waals surface area contributed by atoms with Gasteiger partial charge in [0.2, 0.25) is 0 Å². The molecule has 0 aromatic heterocycles. The standard InChI is InChI=1S/C28H30ClN3O4/c1-4-35-25-16-21(12-15-24(25)36-18-20-10-13-23(29)14-11-20)17-30-32-28(34)26(19(2)3)31-27(33)22-8-6-5-7-9-22/h5-17,19,26H,4,18H2,1-3H3,(H,31,33)(H,32,34)/b30-17+. The number of benzene rings is 3. The third-order valence-electron chi connectivity index (χ3n) is 5.24. The summed E-state index contributed by atoms with van der Waals surface area (Å²) in [6.45, 7) is 6.43. The number of hydrogen-bond donors (Lipinski definition) is 2. The second kappa shape index (κ2) is 13.3. The van der Waals surface area contributed by atoms with Crippen molar-refractivity contribution < 1.29 is 19.1 Å². The van der Waals surface area contributed by atoms with Crippen molar-refractivity contribution in [2.45, 2.75) is 33.4 Å². The average Bonchev–Trinajstić information content (AvgIpc) is 2.88. The van der Waals surface area contributed by atoms with Crippen LogP contribution in [0, 0.1) is 5.92 Å². The first kappa shape index (κ1) is 26.8. The van der Waals surface area contributed by atoms with Crippen LogP contribution >= 0.6 is 11.6 Å². The van der Waals surface area contributed by atoms with Crippen LogP contribution in [0.3, 0.4) is 0 Å². The molecule has 0 saturated heterocycles. The summed E-state index contributed by atoms with van der Waals surface area (Å²) >= 11 is 5.94. The minimum atomic E-state index is -0.738. The van der Waals surface area contributed by atoms with Crippen LogP contribution in [-0.2, 0) is 11.4 Å². The molecule has 0 heterocycles. The van der Waals surface area contributed by atoms with Gasteiger partial charge in [-0.1, -0.05) is 55.8 Å². The zero-order valence-corrected chi connectivity index (χ0v) is 21.3. The Hall–Kier alpha value is -3.84. The van der Waals surface area contributed by atoms with E-state index in [9.17, 15) is 9.59 Å². The number of nitrogens with one attached hydrogen (secondary N) is 2. The molecular formula is C28H30ClN3O4. The molecule has 7 nitrogen and oxygen atoms in total. The largest absolute Gasteiger partial charge is 0.490 e. The van der Waals surface area contributed by atoms with Gasteiger partial charge in [-0.3, -0.25) is 9.59 Å². The van der Waals surface area contributed by atoms with Gasteiger partial charge in [0, 0.05) is 10.6 Å². The number of carbonyl (C=O) groups excluding carboxylic acids is 2. The highest BCUT2D eigenvalue weighted by Gasteiger charge is 2.24. The van der Waals surface area contributed by atoms with Gasteiger partial charge < -0.3 is 14.8 Å². The number of halogens is 1. The van der Waals surface area contributed by atoms with Gasteiger partial charge in [-0.25, -0.2) is 5.43 Å². The molecule has 36 heavy (non-hydrogen) atoms. The number of amides is 2. The van der Waals surface area contributed by atoms with E-state index >= 15 is 0 Å². The van der Waals surface area contributed by atoms with E-state index in [0.717, 1.165) is 5.56 Å². The van der Waals surface area contributed by atoms with Gasteiger partial charge >= 0.3 is 0 Å². The van der Waals surface area contributed by atoms with Gasteiger partial charge in [-0.15, -0.1) is 0 Å². The molecule has 0 aliphatic rings. The van der Waals surface area contributed by atoms with Crippen LogP contribution in [0.15, 0.2) is 77.9 Å². The van der Waals surface area contributed by atoms with E-state index in [1.807, 2.05) is 57.2 Å². The zero-order valence-electron chi connectivity index (χ0n) is 20.5. The number of hydrazone groups is 1. The molecule has 0 aliphatic heterocycles. The number of nitrogens with zero attached hydrogens (tertiary/aromatic N) is 1. The second-order valence-corrected chi connectivity index (χ2v) is 8.79. The van der Waals surface area contributed by atoms with E-state index in [4.69, 9.17) is 21.1 Å². The molecule has 3 aromatic rings. The fourth-order valence-electron chi connectivity index (χ4n) is 3.32. The lowest BCUT2D eigenvalue weighted by Gasteiger charge is -2.20. The van der Waals surface area contributed by atoms with Crippen LogP contribution in [0.5, 0.6) is 11.5 Å². The maximum Gasteiger partial charge on any atom is 0.262 e. The molecule has 0 fully saturated rings. The third kappa shape index (κ3) is 7.85. The van der Waals surface area contributed by atoms with Gasteiger partial charge in [0.15, 0.2) is 11.5 Å². The molecule has 188 valence electrons. The average molecular weight is 508 g/mol. The van der Waals surface area contributed by atoms with Crippen molar-refractivity contribution in [3.8, 4) is 11.5 Å². The van der Waals surface area contributed by atoms with E-state index in [1.165, 1.54) is 6.21 Å². The summed E-state index contributed by atoms with van der Waals surface area (Å²) in [5.41, 5.74) is 4.70. The van der Waals surface area contributed by atoms with Crippen molar-refractivity contribution in [3.63, 3.8) is 0 Å². The number of rotatable bonds is 11. The fourth-order valence-corrected chi connectivity index (χ4v) is 3.45. The molecular weight excluding hydrogens is 478 g/mol. The van der Waals surface area contributed by atoms with E-state index in [2.05, 4.69) is 15.8 Å². The molecule has 0 aliphatic carbocycles. The van der Waals surface area contributed by atoms with Gasteiger partial charge in [-0.2, -0.15) is 5.10 Å². The van der Waals surface area contributed by atoms with Crippen LogP contribution in [0.4, 0.5) is 0 Å². The van der Waals surface area contributed by atoms with Crippen molar-refractivity contribution in [1.82, 2.24) is 10.7 Å². The predicted molar refractivity (Wildman–Crippen MR) is 142 cm³/mol. The van der Waals surface area contributed by atoms with E-state index in [0.29, 0.717) is 40.9 Å². The molecule has 0 radical (unpaired) electrons. The Balaban J connectivity index is 1.62. The maximum absolute atomic E-state index is 12.7. The highest BCUT2D eigenvalue weighted by molar-refractivity contribution is 6.30. The molecule has 0 bridgehead atoms. The Kier molecular flexibility index (Phi) is 9.89. The fraction of sp³-hybridized carbons (Fsp3) is 0.250. The molecule has 0 spiro atoms. The topological polar surface area (TPSA) is 89.0 Å². The van der Waals surface area contributed by atoms with Crippen LogP contribution in [0.1, 0.15) is 42.3 Å². The first-order chi connectivity index (χ1) is 17.4. The van der Waals surface area contributed by atoms with Crippen molar-refractivity contribution in [3.05, 3.63) is 94.5 Å². The third-order valence-corrected chi connectivity index (χ3v) is 5.49. The Morgan fingerprint density at radius 3 is 2.36 bits per heavy atom. The van der Waals surface area contributed by atoms with E-state index in [1.54, 1.807) is 36.4 Å². The second-order valence-electron chi connectivity index (χ2n) is 8.35. The molecule has 1 unspecified atom stereocenters. The summed E-state index contributed by atoms with van der Waals surface area (Å²) in [6, 6.07) is 20.8. The Bertz CT molecular complexity index is 1180. The Labute approximate surface area is 216 Å². The molecule has 2 amide bonds. The predicted octanol–water partition coefficient (Wildman–Crippen LogP) is 5.22. The Morgan fingerprint density at radius 1 is 0.972 bits per heavy atom. The molecule has 2 N–H and O–H groups in total. The maximum atomic E-state index is 12.7. The quantitative estimate of drug-likeness (QED) is 0.275. The van der Waals surface area contributed by atoms with Gasteiger partial charge in [0.05, 0.1) is 12.8 Å². The van der Waals surface area contributed by atoms with Crippen molar-refractivity contribution in [1.29, 1.82) is 0 Å². The minimum absolute atomic E-state index is 0.130. The lowest BCUT2D eigenvalue weighted by molar-refractivity contribution is -0.123. The van der Waals surface area contributed by atoms with Crippen molar-refractivity contribution in [2.75, 3.05) is 6.61 Å². The van der Waals surface area contributed by atoms with Gasteiger partial charge in [0.25, 0.3) is 11.8 Å². The summed E-state index contributed by atoms with van der Waals surface area (Å²) < 4.78 is 11.6. The van der Waals surface area contributed by atoms with Gasteiger partial charge in [0.1, 0.15) is 12.6 Å². The van der Waals surface area contributed by atoms with Crippen LogP contribution in [-0.4, -0.2) is 30.7 Å². The number of hydrogen-bond acceptors (Lipinski definition) is 5. The molecule has 1 atom stereocenters. The Morgan fingerprint density at radius 2 is 1.69 bits per heavy atom. The van der Waals surface area contributed by atoms with Crippen LogP contribution < -0.4 is 20.2 Å². The zero-order chi connectivity index (χ0) is 25.9. The van der Waals surface area contributed by atoms with Crippen LogP contribution in [0.25, 0.3) is 0 Å². The van der Waals surface area contributed by atoms with Crippen molar-refractivity contribution >= 4 is 29.6 Å². The lowest BCUT2D eigenvalue weighted by atomic mass is 10.0. The summed E-state index contributed by atoms with van der Waals surface area (Å²) in [5, 5.41) is 7.52. The molecule has 3 aromatic carbocycles. The summed E-state index contributed by atoms with van der Waals surface area (Å²) in [7, 11) is 0. The summed E-state index contributed by atoms with van der Waals surface area (Å²) in [4.78, 5) is 25.2. The summed E-state index contributed by atoms with van der Waals surface area (Å²) in [6.07, 6.45) is 1.51. The van der Waals surface area contributed by atoms with Crippen LogP contribution in [0.2, 0.25) is 5.02 Å². The van der Waals surface area contributed by atoms with E-state index in [-0.39, 0.29) is 11.8 Å². The first-order valence-electron chi connectivity index (χ1n) is 11.7. The number of ether oxygens (including phenoxy) is 2. The molecule has 3 rings (SSSR count). The molecule has 0 saturated carbocycles. The molecule has 8 heteroatoms. The smallest absolute Gasteiger partial charge is 0.262 e. The lowest BCUT2D eigenvalue weighted by Crippen LogP contribution is -2.48. The first-order valence-corrected chi connectivity index (χ1v) is 12.1. The van der Waals surface area contributed by atoms with Gasteiger partial charge in [-0.05, 0) is 66.4 Å². The monoisotopic (exact) mass is 507 g/mol. The van der Waals surface area contributed by atoms with Crippen molar-refractivity contribution in [2.24, 2.45) is 11.0 Å². The minimum Gasteiger partial charge on any atom is -0.490 e. The number of carbonyl (C=O) groups is 2. The highest BCUT2D eigenvalue weighted by Crippen LogP contribution is 2.29. The highest BCUT2D eigenvalue weighted by atomic mass is 35.5. The summed E-state index contributed by atoms with van der Waals surface area (Å²) in [5.74, 6) is 0.311. The SMILES string of the molecule is CCOc1cc(/C=N/NC(=O)C(NC(=O)c2ccccc2)C(C)C)ccc1OCc1ccc(Cl)cc1. The normalized spacial score (nSPS) is 11.8.